The molecule has 4 aromatic rings. The molecule has 0 saturated heterocycles. The summed E-state index contributed by atoms with van der Waals surface area (Å²) in [7, 11) is 0. The van der Waals surface area contributed by atoms with E-state index >= 15 is 0 Å². The number of carbonyl (C=O) groups is 2. The van der Waals surface area contributed by atoms with Crippen LogP contribution >= 0.6 is 11.3 Å². The number of hydrogen-bond acceptors (Lipinski definition) is 7. The summed E-state index contributed by atoms with van der Waals surface area (Å²) in [5.41, 5.74) is 3.19. The van der Waals surface area contributed by atoms with E-state index < -0.39 is 29.2 Å². The van der Waals surface area contributed by atoms with Crippen LogP contribution in [0.3, 0.4) is 0 Å². The molecule has 0 aliphatic carbocycles. The lowest BCUT2D eigenvalue weighted by Crippen LogP contribution is -2.30. The summed E-state index contributed by atoms with van der Waals surface area (Å²) in [5, 5.41) is 7.48. The van der Waals surface area contributed by atoms with Gasteiger partial charge in [0.1, 0.15) is 0 Å². The van der Waals surface area contributed by atoms with Gasteiger partial charge in [0.05, 0.1) is 16.8 Å². The molecule has 0 fully saturated rings. The number of benzene rings is 2. The molecule has 1 atom stereocenters. The number of nitrogens with one attached hydrogen (secondary N) is 1. The molecule has 0 radical (unpaired) electrons. The van der Waals surface area contributed by atoms with Crippen LogP contribution in [0.25, 0.3) is 22.2 Å². The first kappa shape index (κ1) is 23.3. The Morgan fingerprint density at radius 1 is 1.06 bits per heavy atom. The molecule has 2 heterocycles. The summed E-state index contributed by atoms with van der Waals surface area (Å²) >= 11 is 0.175. The lowest BCUT2D eigenvalue weighted by atomic mass is 10.0. The first-order valence-electron chi connectivity index (χ1n) is 10.0. The highest BCUT2D eigenvalue weighted by atomic mass is 32.1. The van der Waals surface area contributed by atoms with Crippen molar-refractivity contribution in [1.82, 2.24) is 15.2 Å². The average Bonchev–Trinajstić information content (AvgIpc) is 3.28. The number of esters is 1. The number of rotatable bonds is 5. The molecule has 0 bridgehead atoms. The molecule has 0 spiro atoms. The van der Waals surface area contributed by atoms with E-state index in [-0.39, 0.29) is 22.0 Å². The number of amides is 1. The van der Waals surface area contributed by atoms with Gasteiger partial charge in [-0.1, -0.05) is 59.4 Å². The molecule has 0 aliphatic rings. The second kappa shape index (κ2) is 9.18. The van der Waals surface area contributed by atoms with Crippen molar-refractivity contribution in [1.29, 1.82) is 0 Å². The first-order valence-corrected chi connectivity index (χ1v) is 10.8. The van der Waals surface area contributed by atoms with E-state index in [9.17, 15) is 22.8 Å². The third-order valence-electron chi connectivity index (χ3n) is 4.83. The van der Waals surface area contributed by atoms with Crippen LogP contribution in [-0.4, -0.2) is 33.2 Å². The summed E-state index contributed by atoms with van der Waals surface area (Å²) < 4.78 is 43.4. The smallest absolute Gasteiger partial charge is 0.445 e. The molecule has 2 aromatic carbocycles. The quantitative estimate of drug-likeness (QED) is 0.387. The van der Waals surface area contributed by atoms with Gasteiger partial charge in [-0.05, 0) is 26.0 Å². The molecule has 4 rings (SSSR count). The fourth-order valence-electron chi connectivity index (χ4n) is 3.09. The van der Waals surface area contributed by atoms with Gasteiger partial charge in [-0.25, -0.2) is 9.78 Å². The average molecular weight is 486 g/mol. The van der Waals surface area contributed by atoms with Crippen LogP contribution in [0, 0.1) is 6.92 Å². The number of aromatic nitrogens is 3. The molecule has 2 aromatic heterocycles. The Bertz CT molecular complexity index is 1370. The lowest BCUT2D eigenvalue weighted by molar-refractivity contribution is -0.138. The third-order valence-corrected chi connectivity index (χ3v) is 5.72. The van der Waals surface area contributed by atoms with Crippen LogP contribution in [0.5, 0.6) is 0 Å². The van der Waals surface area contributed by atoms with Crippen molar-refractivity contribution in [3.05, 3.63) is 70.7 Å². The SMILES string of the molecule is Cc1ccc(-c2cc(C(=O)OC(C)C(=O)Nc3nnc(C(F)(F)F)s3)c3ccccc3n2)cc1. The number of fused-ring (bicyclic) bond motifs is 1. The number of pyridine rings is 1. The Balaban J connectivity index is 1.56. The fraction of sp³-hybridized carbons (Fsp3) is 0.174. The molecular formula is C23H17F3N4O3S. The fourth-order valence-corrected chi connectivity index (χ4v) is 3.70. The molecular weight excluding hydrogens is 469 g/mol. The zero-order valence-corrected chi connectivity index (χ0v) is 18.7. The third kappa shape index (κ3) is 5.04. The number of halogens is 3. The minimum Gasteiger partial charge on any atom is -0.449 e. The van der Waals surface area contributed by atoms with Gasteiger partial charge in [0.25, 0.3) is 5.91 Å². The van der Waals surface area contributed by atoms with E-state index in [0.29, 0.717) is 16.6 Å². The highest BCUT2D eigenvalue weighted by Crippen LogP contribution is 2.33. The standard InChI is InChI=1S/C23H17F3N4O3S/c1-12-7-9-14(10-8-12)18-11-16(15-5-3-4-6-17(15)27-18)20(32)33-13(2)19(31)28-22-30-29-21(34-22)23(24,25)26/h3-11,13H,1-2H3,(H,28,30,31). The van der Waals surface area contributed by atoms with E-state index in [4.69, 9.17) is 4.74 Å². The molecule has 1 N–H and O–H groups in total. The minimum atomic E-state index is -4.67. The number of para-hydroxylation sites is 1. The van der Waals surface area contributed by atoms with Crippen LogP contribution in [0.1, 0.15) is 27.9 Å². The minimum absolute atomic E-state index is 0.175. The van der Waals surface area contributed by atoms with Crippen LogP contribution < -0.4 is 5.32 Å². The van der Waals surface area contributed by atoms with Crippen LogP contribution in [0.4, 0.5) is 18.3 Å². The highest BCUT2D eigenvalue weighted by molar-refractivity contribution is 7.15. The predicted octanol–water partition coefficient (Wildman–Crippen LogP) is 5.26. The first-order chi connectivity index (χ1) is 16.1. The van der Waals surface area contributed by atoms with Crippen molar-refractivity contribution < 1.29 is 27.5 Å². The molecule has 174 valence electrons. The van der Waals surface area contributed by atoms with Crippen molar-refractivity contribution in [2.45, 2.75) is 26.1 Å². The van der Waals surface area contributed by atoms with Crippen LogP contribution in [0.15, 0.2) is 54.6 Å². The predicted molar refractivity (Wildman–Crippen MR) is 120 cm³/mol. The number of anilines is 1. The number of nitrogens with zero attached hydrogens (tertiary/aromatic N) is 3. The monoisotopic (exact) mass is 486 g/mol. The number of aryl methyl sites for hydroxylation is 1. The van der Waals surface area contributed by atoms with Crippen LogP contribution in [-0.2, 0) is 15.7 Å². The van der Waals surface area contributed by atoms with Crippen molar-refractivity contribution in [2.75, 3.05) is 5.32 Å². The van der Waals surface area contributed by atoms with E-state index in [1.54, 1.807) is 30.3 Å². The molecule has 11 heteroatoms. The van der Waals surface area contributed by atoms with Crippen molar-refractivity contribution in [2.24, 2.45) is 0 Å². The molecule has 1 unspecified atom stereocenters. The maximum Gasteiger partial charge on any atom is 0.445 e. The lowest BCUT2D eigenvalue weighted by Gasteiger charge is -2.14. The summed E-state index contributed by atoms with van der Waals surface area (Å²) in [6.45, 7) is 3.27. The summed E-state index contributed by atoms with van der Waals surface area (Å²) in [4.78, 5) is 30.0. The van der Waals surface area contributed by atoms with Gasteiger partial charge in [-0.3, -0.25) is 10.1 Å². The maximum atomic E-state index is 13.0. The normalized spacial score (nSPS) is 12.4. The Morgan fingerprint density at radius 2 is 1.76 bits per heavy atom. The van der Waals surface area contributed by atoms with E-state index in [0.717, 1.165) is 11.1 Å². The number of carbonyl (C=O) groups excluding carboxylic acids is 2. The zero-order valence-electron chi connectivity index (χ0n) is 17.9. The Labute approximate surface area is 195 Å². The van der Waals surface area contributed by atoms with Crippen molar-refractivity contribution >= 4 is 39.2 Å². The second-order valence-corrected chi connectivity index (χ2v) is 8.36. The summed E-state index contributed by atoms with van der Waals surface area (Å²) in [6.07, 6.45) is -5.98. The Morgan fingerprint density at radius 3 is 2.44 bits per heavy atom. The van der Waals surface area contributed by atoms with Gasteiger partial charge in [-0.2, -0.15) is 13.2 Å². The highest BCUT2D eigenvalue weighted by Gasteiger charge is 2.36. The second-order valence-electron chi connectivity index (χ2n) is 7.39. The summed E-state index contributed by atoms with van der Waals surface area (Å²) in [6, 6.07) is 16.2. The van der Waals surface area contributed by atoms with Gasteiger partial charge < -0.3 is 4.74 Å². The van der Waals surface area contributed by atoms with E-state index in [1.807, 2.05) is 31.2 Å². The zero-order chi connectivity index (χ0) is 24.5. The number of ether oxygens (including phenoxy) is 1. The van der Waals surface area contributed by atoms with E-state index in [1.165, 1.54) is 6.92 Å². The van der Waals surface area contributed by atoms with Gasteiger partial charge in [0.15, 0.2) is 6.10 Å². The number of hydrogen-bond donors (Lipinski definition) is 1. The van der Waals surface area contributed by atoms with Crippen molar-refractivity contribution in [3.63, 3.8) is 0 Å². The molecule has 0 saturated carbocycles. The van der Waals surface area contributed by atoms with Gasteiger partial charge in [0, 0.05) is 10.9 Å². The van der Waals surface area contributed by atoms with Crippen LogP contribution in [0.2, 0.25) is 0 Å². The maximum absolute atomic E-state index is 13.0. The molecule has 0 aliphatic heterocycles. The van der Waals surface area contributed by atoms with Crippen molar-refractivity contribution in [3.8, 4) is 11.3 Å². The molecule has 7 nitrogen and oxygen atoms in total. The Hall–Kier alpha value is -3.86. The largest absolute Gasteiger partial charge is 0.449 e. The Kier molecular flexibility index (Phi) is 6.29. The van der Waals surface area contributed by atoms with Gasteiger partial charge in [0.2, 0.25) is 10.1 Å². The van der Waals surface area contributed by atoms with E-state index in [2.05, 4.69) is 20.5 Å². The molecule has 1 amide bonds. The van der Waals surface area contributed by atoms with Gasteiger partial charge >= 0.3 is 12.1 Å². The number of alkyl halides is 3. The topological polar surface area (TPSA) is 94.1 Å². The molecule has 34 heavy (non-hydrogen) atoms. The van der Waals surface area contributed by atoms with Gasteiger partial charge in [-0.15, -0.1) is 10.2 Å². The summed E-state index contributed by atoms with van der Waals surface area (Å²) in [5.74, 6) is -1.61.